The molecule has 0 aromatic carbocycles. The highest BCUT2D eigenvalue weighted by atomic mass is 35.5. The molecule has 2 aromatic rings. The average molecular weight is 198 g/mol. The Morgan fingerprint density at radius 1 is 1.62 bits per heavy atom. The third-order valence-electron chi connectivity index (χ3n) is 1.76. The van der Waals surface area contributed by atoms with Crippen LogP contribution in [0.1, 0.15) is 11.6 Å². The molecule has 2 aromatic heterocycles. The molecule has 68 valence electrons. The number of hydrogen-bond acceptors (Lipinski definition) is 3. The van der Waals surface area contributed by atoms with Crippen molar-refractivity contribution in [2.75, 3.05) is 0 Å². The zero-order chi connectivity index (χ0) is 9.26. The summed E-state index contributed by atoms with van der Waals surface area (Å²) in [6.45, 7) is 1.87. The van der Waals surface area contributed by atoms with Gasteiger partial charge in [0.05, 0.1) is 17.7 Å². The van der Waals surface area contributed by atoms with E-state index in [0.717, 1.165) is 11.3 Å². The lowest BCUT2D eigenvalue weighted by Crippen LogP contribution is -1.80. The van der Waals surface area contributed by atoms with Crippen LogP contribution in [0.15, 0.2) is 16.7 Å². The summed E-state index contributed by atoms with van der Waals surface area (Å²) in [7, 11) is 0. The Balaban J connectivity index is 2.41. The van der Waals surface area contributed by atoms with Gasteiger partial charge in [-0.2, -0.15) is 5.10 Å². The maximum Gasteiger partial charge on any atom is 0.184 e. The summed E-state index contributed by atoms with van der Waals surface area (Å²) in [5.74, 6) is 2.43. The molecule has 0 aliphatic rings. The van der Waals surface area contributed by atoms with Crippen LogP contribution in [0.4, 0.5) is 0 Å². The van der Waals surface area contributed by atoms with Gasteiger partial charge in [0.15, 0.2) is 5.82 Å². The Kier molecular flexibility index (Phi) is 2.06. The highest BCUT2D eigenvalue weighted by molar-refractivity contribution is 6.16. The molecular formula is C8H8ClN3O. The van der Waals surface area contributed by atoms with Gasteiger partial charge in [0.25, 0.3) is 0 Å². The van der Waals surface area contributed by atoms with Crippen LogP contribution in [0.2, 0.25) is 0 Å². The Hall–Kier alpha value is -1.29. The lowest BCUT2D eigenvalue weighted by atomic mass is 10.2. The van der Waals surface area contributed by atoms with Crippen molar-refractivity contribution in [1.29, 1.82) is 0 Å². The average Bonchev–Trinajstić information content (AvgIpc) is 2.71. The van der Waals surface area contributed by atoms with Crippen LogP contribution in [0, 0.1) is 6.92 Å². The second-order valence-electron chi connectivity index (χ2n) is 2.63. The number of rotatable bonds is 2. The molecule has 0 amide bonds. The number of alkyl halides is 1. The summed E-state index contributed by atoms with van der Waals surface area (Å²) in [6, 6.07) is 1.83. The molecule has 2 heterocycles. The molecule has 0 fully saturated rings. The van der Waals surface area contributed by atoms with Crippen LogP contribution in [-0.4, -0.2) is 15.2 Å². The number of H-pyrrole nitrogens is 1. The van der Waals surface area contributed by atoms with Crippen molar-refractivity contribution in [3.8, 4) is 11.4 Å². The fraction of sp³-hybridized carbons (Fsp3) is 0.250. The van der Waals surface area contributed by atoms with Gasteiger partial charge in [-0.15, -0.1) is 11.6 Å². The molecule has 0 atom stereocenters. The van der Waals surface area contributed by atoms with E-state index in [9.17, 15) is 0 Å². The first-order valence-corrected chi connectivity index (χ1v) is 4.36. The maximum absolute atomic E-state index is 5.58. The van der Waals surface area contributed by atoms with Crippen molar-refractivity contribution in [2.45, 2.75) is 12.8 Å². The van der Waals surface area contributed by atoms with E-state index in [4.69, 9.17) is 16.0 Å². The maximum atomic E-state index is 5.58. The highest BCUT2D eigenvalue weighted by Crippen LogP contribution is 2.20. The summed E-state index contributed by atoms with van der Waals surface area (Å²) in [6.07, 6.45) is 1.61. The number of nitrogens with zero attached hydrogens (tertiary/aromatic N) is 2. The highest BCUT2D eigenvalue weighted by Gasteiger charge is 2.09. The van der Waals surface area contributed by atoms with Gasteiger partial charge in [-0.05, 0) is 13.0 Å². The molecule has 2 rings (SSSR count). The molecule has 4 nitrogen and oxygen atoms in total. The van der Waals surface area contributed by atoms with Gasteiger partial charge in [-0.3, -0.25) is 5.10 Å². The number of aromatic nitrogens is 3. The van der Waals surface area contributed by atoms with Gasteiger partial charge < -0.3 is 4.42 Å². The van der Waals surface area contributed by atoms with E-state index in [1.54, 1.807) is 6.26 Å². The predicted octanol–water partition coefficient (Wildman–Crippen LogP) is 2.11. The number of aromatic amines is 1. The van der Waals surface area contributed by atoms with Crippen molar-refractivity contribution in [2.24, 2.45) is 0 Å². The molecular weight excluding hydrogens is 190 g/mol. The number of hydrogen-bond donors (Lipinski definition) is 1. The number of aryl methyl sites for hydroxylation is 1. The number of nitrogens with one attached hydrogen (secondary N) is 1. The Labute approximate surface area is 79.9 Å². The molecule has 0 aliphatic heterocycles. The summed E-state index contributed by atoms with van der Waals surface area (Å²) < 4.78 is 5.13. The van der Waals surface area contributed by atoms with E-state index >= 15 is 0 Å². The predicted molar refractivity (Wildman–Crippen MR) is 48.4 cm³/mol. The first-order valence-electron chi connectivity index (χ1n) is 3.83. The van der Waals surface area contributed by atoms with E-state index in [1.165, 1.54) is 0 Å². The summed E-state index contributed by atoms with van der Waals surface area (Å²) in [5.41, 5.74) is 0.896. The van der Waals surface area contributed by atoms with Crippen molar-refractivity contribution in [3.05, 3.63) is 23.9 Å². The smallest absolute Gasteiger partial charge is 0.184 e. The van der Waals surface area contributed by atoms with Crippen LogP contribution in [0.3, 0.4) is 0 Å². The van der Waals surface area contributed by atoms with E-state index in [0.29, 0.717) is 17.5 Å². The Morgan fingerprint density at radius 3 is 3.00 bits per heavy atom. The summed E-state index contributed by atoms with van der Waals surface area (Å²) in [4.78, 5) is 4.17. The van der Waals surface area contributed by atoms with Gasteiger partial charge >= 0.3 is 0 Å². The molecule has 1 N–H and O–H groups in total. The lowest BCUT2D eigenvalue weighted by molar-refractivity contribution is 0.535. The molecule has 0 radical (unpaired) electrons. The van der Waals surface area contributed by atoms with Crippen LogP contribution in [0.5, 0.6) is 0 Å². The van der Waals surface area contributed by atoms with Crippen LogP contribution < -0.4 is 0 Å². The van der Waals surface area contributed by atoms with Crippen molar-refractivity contribution < 1.29 is 4.42 Å². The van der Waals surface area contributed by atoms with Gasteiger partial charge in [0.2, 0.25) is 0 Å². The zero-order valence-electron chi connectivity index (χ0n) is 7.04. The first kappa shape index (κ1) is 8.31. The quantitative estimate of drug-likeness (QED) is 0.751. The molecule has 0 saturated carbocycles. The molecule has 0 spiro atoms. The van der Waals surface area contributed by atoms with Crippen LogP contribution in [-0.2, 0) is 5.88 Å². The third-order valence-corrected chi connectivity index (χ3v) is 2.01. The second-order valence-corrected chi connectivity index (χ2v) is 2.90. The first-order chi connectivity index (χ1) is 6.31. The van der Waals surface area contributed by atoms with Crippen molar-refractivity contribution >= 4 is 11.6 Å². The number of furan rings is 1. The van der Waals surface area contributed by atoms with Crippen LogP contribution >= 0.6 is 11.6 Å². The summed E-state index contributed by atoms with van der Waals surface area (Å²) in [5, 5.41) is 6.75. The van der Waals surface area contributed by atoms with Gasteiger partial charge in [0.1, 0.15) is 11.6 Å². The van der Waals surface area contributed by atoms with Gasteiger partial charge in [0, 0.05) is 0 Å². The normalized spacial score (nSPS) is 10.6. The fourth-order valence-electron chi connectivity index (χ4n) is 1.09. The largest absolute Gasteiger partial charge is 0.469 e. The fourth-order valence-corrected chi connectivity index (χ4v) is 1.21. The van der Waals surface area contributed by atoms with E-state index in [1.807, 2.05) is 13.0 Å². The van der Waals surface area contributed by atoms with Crippen molar-refractivity contribution in [1.82, 2.24) is 15.2 Å². The Bertz CT molecular complexity index is 407. The monoisotopic (exact) mass is 197 g/mol. The lowest BCUT2D eigenvalue weighted by Gasteiger charge is -1.88. The van der Waals surface area contributed by atoms with E-state index < -0.39 is 0 Å². The van der Waals surface area contributed by atoms with Crippen molar-refractivity contribution in [3.63, 3.8) is 0 Å². The minimum Gasteiger partial charge on any atom is -0.469 e. The van der Waals surface area contributed by atoms with Crippen LogP contribution in [0.25, 0.3) is 11.4 Å². The molecule has 5 heteroatoms. The minimum atomic E-state index is 0.337. The summed E-state index contributed by atoms with van der Waals surface area (Å²) >= 11 is 5.58. The molecule has 0 unspecified atom stereocenters. The topological polar surface area (TPSA) is 54.7 Å². The zero-order valence-corrected chi connectivity index (χ0v) is 7.80. The van der Waals surface area contributed by atoms with E-state index in [2.05, 4.69) is 15.2 Å². The van der Waals surface area contributed by atoms with Gasteiger partial charge in [-0.1, -0.05) is 0 Å². The molecule has 13 heavy (non-hydrogen) atoms. The Morgan fingerprint density at radius 2 is 2.46 bits per heavy atom. The second kappa shape index (κ2) is 3.22. The van der Waals surface area contributed by atoms with Gasteiger partial charge in [-0.25, -0.2) is 4.98 Å². The molecule has 0 bridgehead atoms. The molecule has 0 saturated heterocycles. The third kappa shape index (κ3) is 1.45. The number of halogens is 1. The minimum absolute atomic E-state index is 0.337. The standard InChI is InChI=1S/C8H8ClN3O/c1-5-6(2-3-13-5)8-10-7(4-9)11-12-8/h2-3H,4H2,1H3,(H,10,11,12). The SMILES string of the molecule is Cc1occc1-c1n[nH]c(CCl)n1. The molecule has 0 aliphatic carbocycles. The van der Waals surface area contributed by atoms with E-state index in [-0.39, 0.29) is 0 Å².